The van der Waals surface area contributed by atoms with Crippen molar-refractivity contribution in [1.82, 2.24) is 15.5 Å². The largest absolute Gasteiger partial charge is 0.379 e. The molecular formula is C23H40IN5O2. The summed E-state index contributed by atoms with van der Waals surface area (Å²) < 4.78 is 5.52. The molecule has 176 valence electrons. The van der Waals surface area contributed by atoms with E-state index < -0.39 is 0 Å². The summed E-state index contributed by atoms with van der Waals surface area (Å²) in [5, 5.41) is 9.61. The molecule has 1 saturated heterocycles. The lowest BCUT2D eigenvalue weighted by Crippen LogP contribution is -2.46. The minimum atomic E-state index is -0.0521. The van der Waals surface area contributed by atoms with Crippen LogP contribution in [0.4, 0.5) is 5.69 Å². The van der Waals surface area contributed by atoms with Crippen molar-refractivity contribution in [3.05, 3.63) is 29.8 Å². The molecule has 3 N–H and O–H groups in total. The Morgan fingerprint density at radius 1 is 1.16 bits per heavy atom. The Morgan fingerprint density at radius 3 is 2.42 bits per heavy atom. The zero-order valence-electron chi connectivity index (χ0n) is 19.4. The van der Waals surface area contributed by atoms with Crippen LogP contribution in [0.25, 0.3) is 0 Å². The fourth-order valence-electron chi connectivity index (χ4n) is 3.65. The number of carbonyl (C=O) groups excluding carboxylic acids is 1. The molecule has 7 nitrogen and oxygen atoms in total. The number of carbonyl (C=O) groups is 1. The van der Waals surface area contributed by atoms with Crippen LogP contribution in [0.5, 0.6) is 0 Å². The van der Waals surface area contributed by atoms with Gasteiger partial charge in [0.25, 0.3) is 0 Å². The van der Waals surface area contributed by atoms with Crippen molar-refractivity contribution in [3.63, 3.8) is 0 Å². The van der Waals surface area contributed by atoms with E-state index >= 15 is 0 Å². The van der Waals surface area contributed by atoms with E-state index in [9.17, 15) is 4.79 Å². The van der Waals surface area contributed by atoms with E-state index in [1.165, 1.54) is 12.5 Å². The average molecular weight is 546 g/mol. The first-order valence-electron chi connectivity index (χ1n) is 11.2. The molecule has 8 heteroatoms. The quantitative estimate of drug-likeness (QED) is 0.239. The molecular weight excluding hydrogens is 505 g/mol. The summed E-state index contributed by atoms with van der Waals surface area (Å²) in [4.78, 5) is 18.5. The summed E-state index contributed by atoms with van der Waals surface area (Å²) >= 11 is 0. The molecule has 1 atom stereocenters. The lowest BCUT2D eigenvalue weighted by molar-refractivity contribution is -0.114. The highest BCUT2D eigenvalue weighted by molar-refractivity contribution is 14.0. The monoisotopic (exact) mass is 545 g/mol. The number of amides is 1. The number of benzene rings is 1. The van der Waals surface area contributed by atoms with Crippen molar-refractivity contribution >= 4 is 41.5 Å². The number of ether oxygens (including phenoxy) is 1. The van der Waals surface area contributed by atoms with Gasteiger partial charge < -0.3 is 20.7 Å². The SMILES string of the molecule is CCNC(=NCC(CC(C)C)N1CCOCC1)NCCc1ccc(NC(C)=O)cc1.I. The van der Waals surface area contributed by atoms with Gasteiger partial charge in [0, 0.05) is 44.8 Å². The van der Waals surface area contributed by atoms with Crippen molar-refractivity contribution in [2.24, 2.45) is 10.9 Å². The number of aliphatic imine (C=N–C) groups is 1. The van der Waals surface area contributed by atoms with Crippen LogP contribution in [0.3, 0.4) is 0 Å². The predicted octanol–water partition coefficient (Wildman–Crippen LogP) is 3.11. The number of nitrogens with zero attached hydrogens (tertiary/aromatic N) is 2. The number of nitrogens with one attached hydrogen (secondary N) is 3. The summed E-state index contributed by atoms with van der Waals surface area (Å²) in [5.74, 6) is 1.46. The van der Waals surface area contributed by atoms with Crippen LogP contribution in [0.1, 0.15) is 39.7 Å². The van der Waals surface area contributed by atoms with Crippen LogP contribution in [0.2, 0.25) is 0 Å². The highest BCUT2D eigenvalue weighted by Crippen LogP contribution is 2.14. The topological polar surface area (TPSA) is 78.0 Å². The normalized spacial score (nSPS) is 15.8. The summed E-state index contributed by atoms with van der Waals surface area (Å²) in [7, 11) is 0. The highest BCUT2D eigenvalue weighted by atomic mass is 127. The van der Waals surface area contributed by atoms with Gasteiger partial charge in [-0.05, 0) is 43.4 Å². The first kappa shape index (κ1) is 27.6. The maximum atomic E-state index is 11.1. The molecule has 2 rings (SSSR count). The van der Waals surface area contributed by atoms with Crippen LogP contribution >= 0.6 is 24.0 Å². The Labute approximate surface area is 204 Å². The van der Waals surface area contributed by atoms with Gasteiger partial charge in [-0.1, -0.05) is 26.0 Å². The zero-order chi connectivity index (χ0) is 21.8. The lowest BCUT2D eigenvalue weighted by atomic mass is 10.0. The molecule has 1 amide bonds. The summed E-state index contributed by atoms with van der Waals surface area (Å²) in [6.07, 6.45) is 2.03. The number of hydrogen-bond donors (Lipinski definition) is 3. The number of rotatable bonds is 10. The van der Waals surface area contributed by atoms with Crippen molar-refractivity contribution in [3.8, 4) is 0 Å². The van der Waals surface area contributed by atoms with Crippen LogP contribution in [0, 0.1) is 5.92 Å². The van der Waals surface area contributed by atoms with E-state index in [-0.39, 0.29) is 29.9 Å². The second-order valence-electron chi connectivity index (χ2n) is 8.21. The first-order chi connectivity index (χ1) is 14.5. The van der Waals surface area contributed by atoms with Crippen molar-refractivity contribution in [2.45, 2.75) is 46.6 Å². The Balaban J connectivity index is 0.00000480. The van der Waals surface area contributed by atoms with Crippen molar-refractivity contribution in [2.75, 3.05) is 51.3 Å². The second kappa shape index (κ2) is 15.4. The Kier molecular flexibility index (Phi) is 13.7. The molecule has 1 heterocycles. The standard InChI is InChI=1S/C23H39N5O2.HI/c1-5-24-23(25-11-10-20-6-8-21(9-7-20)27-19(4)29)26-17-22(16-18(2)3)28-12-14-30-15-13-28;/h6-9,18,22H,5,10-17H2,1-4H3,(H,27,29)(H2,24,25,26);1H. The molecule has 0 bridgehead atoms. The predicted molar refractivity (Wildman–Crippen MR) is 139 cm³/mol. The molecule has 1 aliphatic rings. The van der Waals surface area contributed by atoms with Crippen molar-refractivity contribution < 1.29 is 9.53 Å². The molecule has 31 heavy (non-hydrogen) atoms. The van der Waals surface area contributed by atoms with E-state index in [0.29, 0.717) is 12.0 Å². The van der Waals surface area contributed by atoms with Crippen LogP contribution in [-0.4, -0.2) is 68.7 Å². The van der Waals surface area contributed by atoms with Gasteiger partial charge in [0.15, 0.2) is 5.96 Å². The molecule has 1 aromatic rings. The second-order valence-corrected chi connectivity index (χ2v) is 8.21. The smallest absolute Gasteiger partial charge is 0.221 e. The molecule has 0 aliphatic carbocycles. The Bertz CT molecular complexity index is 660. The average Bonchev–Trinajstić information content (AvgIpc) is 2.72. The van der Waals surface area contributed by atoms with E-state index in [1.807, 2.05) is 24.3 Å². The van der Waals surface area contributed by atoms with E-state index in [0.717, 1.165) is 70.4 Å². The van der Waals surface area contributed by atoms with Crippen LogP contribution in [-0.2, 0) is 16.0 Å². The van der Waals surface area contributed by atoms with Gasteiger partial charge in [-0.25, -0.2) is 0 Å². The van der Waals surface area contributed by atoms with Gasteiger partial charge in [0.2, 0.25) is 5.91 Å². The molecule has 0 radical (unpaired) electrons. The van der Waals surface area contributed by atoms with Crippen LogP contribution < -0.4 is 16.0 Å². The maximum absolute atomic E-state index is 11.1. The third kappa shape index (κ3) is 11.2. The summed E-state index contributed by atoms with van der Waals surface area (Å²) in [6.45, 7) is 14.2. The number of halogens is 1. The maximum Gasteiger partial charge on any atom is 0.221 e. The van der Waals surface area contributed by atoms with Gasteiger partial charge >= 0.3 is 0 Å². The van der Waals surface area contributed by atoms with E-state index in [1.54, 1.807) is 0 Å². The Morgan fingerprint density at radius 2 is 1.84 bits per heavy atom. The van der Waals surface area contributed by atoms with Gasteiger partial charge in [0.1, 0.15) is 0 Å². The minimum absolute atomic E-state index is 0. The third-order valence-corrected chi connectivity index (χ3v) is 5.09. The first-order valence-corrected chi connectivity index (χ1v) is 11.2. The van der Waals surface area contributed by atoms with Crippen LogP contribution in [0.15, 0.2) is 29.3 Å². The highest BCUT2D eigenvalue weighted by Gasteiger charge is 2.21. The number of morpholine rings is 1. The van der Waals surface area contributed by atoms with Gasteiger partial charge in [-0.3, -0.25) is 14.7 Å². The Hall–Kier alpha value is -1.39. The van der Waals surface area contributed by atoms with E-state index in [4.69, 9.17) is 9.73 Å². The molecule has 0 saturated carbocycles. The van der Waals surface area contributed by atoms with Gasteiger partial charge in [0.05, 0.1) is 19.8 Å². The number of anilines is 1. The molecule has 0 aromatic heterocycles. The molecule has 1 aliphatic heterocycles. The van der Waals surface area contributed by atoms with Crippen molar-refractivity contribution in [1.29, 1.82) is 0 Å². The molecule has 1 unspecified atom stereocenters. The fraction of sp³-hybridized carbons (Fsp3) is 0.652. The van der Waals surface area contributed by atoms with Gasteiger partial charge in [-0.15, -0.1) is 24.0 Å². The summed E-state index contributed by atoms with van der Waals surface area (Å²) in [5.41, 5.74) is 2.05. The van der Waals surface area contributed by atoms with E-state index in [2.05, 4.69) is 41.6 Å². The number of hydrogen-bond acceptors (Lipinski definition) is 4. The van der Waals surface area contributed by atoms with Gasteiger partial charge in [-0.2, -0.15) is 0 Å². The molecule has 0 spiro atoms. The lowest BCUT2D eigenvalue weighted by Gasteiger charge is -2.34. The molecule has 1 aromatic carbocycles. The number of guanidine groups is 1. The summed E-state index contributed by atoms with van der Waals surface area (Å²) in [6, 6.07) is 8.43. The third-order valence-electron chi connectivity index (χ3n) is 5.09. The zero-order valence-corrected chi connectivity index (χ0v) is 21.8. The molecule has 1 fully saturated rings. The minimum Gasteiger partial charge on any atom is -0.379 e. The fourth-order valence-corrected chi connectivity index (χ4v) is 3.65.